The first-order chi connectivity index (χ1) is 18.9. The van der Waals surface area contributed by atoms with E-state index >= 15 is 8.78 Å². The summed E-state index contributed by atoms with van der Waals surface area (Å²) in [5.41, 5.74) is 1.68. The minimum absolute atomic E-state index is 0.0111. The molecule has 0 unspecified atom stereocenters. The molecule has 1 atom stereocenters. The Morgan fingerprint density at radius 1 is 1.15 bits per heavy atom. The van der Waals surface area contributed by atoms with Gasteiger partial charge in [0.15, 0.2) is 0 Å². The number of pyridine rings is 1. The van der Waals surface area contributed by atoms with Gasteiger partial charge in [-0.25, -0.2) is 28.5 Å². The molecule has 0 radical (unpaired) electrons. The van der Waals surface area contributed by atoms with Gasteiger partial charge in [0.2, 0.25) is 5.88 Å². The van der Waals surface area contributed by atoms with Gasteiger partial charge in [0, 0.05) is 36.2 Å². The first-order valence-corrected chi connectivity index (χ1v) is 13.1. The zero-order valence-corrected chi connectivity index (χ0v) is 21.3. The molecule has 1 aliphatic rings. The maximum absolute atomic E-state index is 15.4. The van der Waals surface area contributed by atoms with Crippen LogP contribution in [0.1, 0.15) is 33.2 Å². The van der Waals surface area contributed by atoms with Crippen LogP contribution in [0.3, 0.4) is 0 Å². The maximum atomic E-state index is 15.4. The number of carboxylic acid groups (broad SMARTS) is 1. The van der Waals surface area contributed by atoms with Crippen LogP contribution in [0.15, 0.2) is 60.1 Å². The summed E-state index contributed by atoms with van der Waals surface area (Å²) in [5.74, 6) is -1.52. The van der Waals surface area contributed by atoms with Crippen molar-refractivity contribution in [2.45, 2.75) is 32.1 Å². The summed E-state index contributed by atoms with van der Waals surface area (Å²) in [4.78, 5) is 24.6. The van der Waals surface area contributed by atoms with E-state index in [1.54, 1.807) is 36.5 Å². The first kappa shape index (κ1) is 25.1. The fourth-order valence-electron chi connectivity index (χ4n) is 4.47. The second-order valence-corrected chi connectivity index (χ2v) is 10.1. The Kier molecular flexibility index (Phi) is 6.76. The number of hydrogen-bond donors (Lipinski definition) is 1. The van der Waals surface area contributed by atoms with Crippen LogP contribution in [0.2, 0.25) is 0 Å². The summed E-state index contributed by atoms with van der Waals surface area (Å²) < 4.78 is 43.7. The molecule has 6 rings (SSSR count). The number of carbonyl (C=O) groups is 1. The summed E-state index contributed by atoms with van der Waals surface area (Å²) in [6.07, 6.45) is 2.50. The number of carboxylic acids is 1. The normalized spacial score (nSPS) is 14.9. The summed E-state index contributed by atoms with van der Waals surface area (Å²) in [6, 6.07) is 11.8. The molecule has 198 valence electrons. The van der Waals surface area contributed by atoms with Gasteiger partial charge in [0.1, 0.15) is 29.1 Å². The number of fused-ring (bicyclic) bond motifs is 1. The number of aromatic nitrogens is 4. The Morgan fingerprint density at radius 2 is 2.03 bits per heavy atom. The van der Waals surface area contributed by atoms with Crippen molar-refractivity contribution in [2.24, 2.45) is 0 Å². The molecule has 1 saturated heterocycles. The van der Waals surface area contributed by atoms with Gasteiger partial charge >= 0.3 is 5.97 Å². The summed E-state index contributed by atoms with van der Waals surface area (Å²) >= 11 is 1.45. The third kappa shape index (κ3) is 5.23. The van der Waals surface area contributed by atoms with E-state index in [0.29, 0.717) is 30.0 Å². The molecule has 39 heavy (non-hydrogen) atoms. The lowest BCUT2D eigenvalue weighted by atomic mass is 10.0. The van der Waals surface area contributed by atoms with E-state index in [2.05, 4.69) is 15.0 Å². The Balaban J connectivity index is 1.29. The Hall–Kier alpha value is -4.22. The molecule has 2 aromatic carbocycles. The number of rotatable bonds is 9. The lowest BCUT2D eigenvalue weighted by Gasteiger charge is -2.27. The molecular weight excluding hydrogens is 526 g/mol. The monoisotopic (exact) mass is 548 g/mol. The van der Waals surface area contributed by atoms with Crippen LogP contribution in [-0.2, 0) is 24.3 Å². The molecule has 3 aromatic heterocycles. The number of halogens is 2. The van der Waals surface area contributed by atoms with Gasteiger partial charge in [0.25, 0.3) is 0 Å². The first-order valence-electron chi connectivity index (χ1n) is 12.2. The lowest BCUT2D eigenvalue weighted by Crippen LogP contribution is -2.31. The summed E-state index contributed by atoms with van der Waals surface area (Å²) in [7, 11) is 0. The zero-order chi connectivity index (χ0) is 26.9. The average molecular weight is 549 g/mol. The predicted octanol–water partition coefficient (Wildman–Crippen LogP) is 5.49. The molecule has 5 aromatic rings. The van der Waals surface area contributed by atoms with E-state index in [0.717, 1.165) is 23.6 Å². The second-order valence-electron chi connectivity index (χ2n) is 9.10. The Labute approximate surface area is 225 Å². The minimum Gasteiger partial charge on any atom is -0.478 e. The van der Waals surface area contributed by atoms with E-state index in [-0.39, 0.29) is 47.4 Å². The zero-order valence-electron chi connectivity index (χ0n) is 20.5. The highest BCUT2D eigenvalue weighted by molar-refractivity contribution is 7.09. The molecule has 1 aliphatic heterocycles. The van der Waals surface area contributed by atoms with E-state index in [9.17, 15) is 9.90 Å². The van der Waals surface area contributed by atoms with Gasteiger partial charge < -0.3 is 19.1 Å². The van der Waals surface area contributed by atoms with Gasteiger partial charge in [-0.05, 0) is 48.4 Å². The van der Waals surface area contributed by atoms with Crippen molar-refractivity contribution < 1.29 is 28.2 Å². The number of ether oxygens (including phenoxy) is 2. The van der Waals surface area contributed by atoms with Crippen molar-refractivity contribution in [3.8, 4) is 17.1 Å². The van der Waals surface area contributed by atoms with Gasteiger partial charge in [-0.15, -0.1) is 11.3 Å². The predicted molar refractivity (Wildman–Crippen MR) is 140 cm³/mol. The minimum atomic E-state index is -1.05. The molecule has 0 amide bonds. The van der Waals surface area contributed by atoms with Crippen molar-refractivity contribution in [3.05, 3.63) is 93.7 Å². The third-order valence-electron chi connectivity index (χ3n) is 6.56. The van der Waals surface area contributed by atoms with Gasteiger partial charge in [-0.2, -0.15) is 0 Å². The molecule has 1 N–H and O–H groups in total. The summed E-state index contributed by atoms with van der Waals surface area (Å²) in [5, 5.41) is 12.0. The van der Waals surface area contributed by atoms with E-state index in [4.69, 9.17) is 9.47 Å². The number of imidazole rings is 1. The molecule has 1 fully saturated rings. The molecule has 11 heteroatoms. The fourth-order valence-corrected chi connectivity index (χ4v) is 5.00. The topological polar surface area (TPSA) is 99.4 Å². The quantitative estimate of drug-likeness (QED) is 0.260. The van der Waals surface area contributed by atoms with E-state index in [1.807, 2.05) is 9.95 Å². The Bertz CT molecular complexity index is 1670. The number of thiazole rings is 1. The van der Waals surface area contributed by atoms with Crippen LogP contribution >= 0.6 is 11.3 Å². The van der Waals surface area contributed by atoms with Crippen molar-refractivity contribution in [3.63, 3.8) is 0 Å². The SMILES string of the molecule is O=C(O)c1ccc2nc(Cc3cc(F)c(-c4cccc(OCc5nccs5)n4)cc3F)n(C[C@@H]3CCO3)c2c1. The van der Waals surface area contributed by atoms with Crippen LogP contribution in [0.25, 0.3) is 22.3 Å². The molecular formula is C28H22F2N4O4S. The standard InChI is InChI=1S/C28H22F2N4O4S/c29-20-13-19(22-2-1-3-26(33-22)38-15-27-31-7-9-39-27)21(30)10-17(20)12-25-32-23-5-4-16(28(35)36)11-24(23)34(25)14-18-6-8-37-18/h1-5,7,9-11,13,18H,6,8,12,14-15H2,(H,35,36)/t18-/m0/s1. The van der Waals surface area contributed by atoms with Crippen molar-refractivity contribution >= 4 is 28.3 Å². The van der Waals surface area contributed by atoms with Crippen LogP contribution in [-0.4, -0.2) is 43.3 Å². The molecule has 0 aliphatic carbocycles. The van der Waals surface area contributed by atoms with Crippen LogP contribution in [0, 0.1) is 11.6 Å². The number of hydrogen-bond acceptors (Lipinski definition) is 7. The smallest absolute Gasteiger partial charge is 0.335 e. The van der Waals surface area contributed by atoms with Crippen molar-refractivity contribution in [1.29, 1.82) is 0 Å². The second kappa shape index (κ2) is 10.5. The molecule has 4 heterocycles. The van der Waals surface area contributed by atoms with Crippen molar-refractivity contribution in [2.75, 3.05) is 6.61 Å². The van der Waals surface area contributed by atoms with Crippen LogP contribution < -0.4 is 4.74 Å². The Morgan fingerprint density at radius 3 is 2.77 bits per heavy atom. The molecule has 0 spiro atoms. The molecule has 0 bridgehead atoms. The third-order valence-corrected chi connectivity index (χ3v) is 7.32. The number of benzene rings is 2. The largest absolute Gasteiger partial charge is 0.478 e. The van der Waals surface area contributed by atoms with Crippen molar-refractivity contribution in [1.82, 2.24) is 19.5 Å². The lowest BCUT2D eigenvalue weighted by molar-refractivity contribution is -0.0589. The van der Waals surface area contributed by atoms with Gasteiger partial charge in [-0.1, -0.05) is 6.07 Å². The van der Waals surface area contributed by atoms with Crippen LogP contribution in [0.5, 0.6) is 5.88 Å². The molecule has 0 saturated carbocycles. The maximum Gasteiger partial charge on any atom is 0.335 e. The van der Waals surface area contributed by atoms with E-state index in [1.165, 1.54) is 17.4 Å². The van der Waals surface area contributed by atoms with Crippen LogP contribution in [0.4, 0.5) is 8.78 Å². The van der Waals surface area contributed by atoms with Gasteiger partial charge in [-0.3, -0.25) is 0 Å². The fraction of sp³-hybridized carbons (Fsp3) is 0.214. The average Bonchev–Trinajstić information content (AvgIpc) is 3.54. The number of nitrogens with zero attached hydrogens (tertiary/aromatic N) is 4. The highest BCUT2D eigenvalue weighted by atomic mass is 32.1. The highest BCUT2D eigenvalue weighted by Crippen LogP contribution is 2.29. The van der Waals surface area contributed by atoms with E-state index < -0.39 is 17.6 Å². The summed E-state index contributed by atoms with van der Waals surface area (Å²) in [6.45, 7) is 1.32. The highest BCUT2D eigenvalue weighted by Gasteiger charge is 2.23. The van der Waals surface area contributed by atoms with Gasteiger partial charge in [0.05, 0.1) is 34.9 Å². The molecule has 8 nitrogen and oxygen atoms in total. The number of aromatic carboxylic acids is 1.